The first-order chi connectivity index (χ1) is 17.7. The van der Waals surface area contributed by atoms with Crippen molar-refractivity contribution in [2.45, 2.75) is 84.2 Å². The number of hydrogen-bond acceptors (Lipinski definition) is 7. The van der Waals surface area contributed by atoms with E-state index in [9.17, 15) is 24.0 Å². The molecule has 1 aromatic rings. The Morgan fingerprint density at radius 1 is 0.895 bits per heavy atom. The third-order valence-corrected chi connectivity index (χ3v) is 5.48. The van der Waals surface area contributed by atoms with Crippen molar-refractivity contribution >= 4 is 42.4 Å². The van der Waals surface area contributed by atoms with E-state index < -0.39 is 59.9 Å². The molecule has 1 rings (SSSR count). The van der Waals surface area contributed by atoms with E-state index in [0.717, 1.165) is 5.56 Å². The molecule has 3 atom stereocenters. The van der Waals surface area contributed by atoms with Crippen LogP contribution in [-0.2, 0) is 30.5 Å². The van der Waals surface area contributed by atoms with E-state index in [-0.39, 0.29) is 31.1 Å². The largest absolute Gasteiger partial charge is 0.481 e. The number of benzene rings is 1. The zero-order valence-corrected chi connectivity index (χ0v) is 23.5. The lowest BCUT2D eigenvalue weighted by atomic mass is 10.0. The predicted octanol–water partition coefficient (Wildman–Crippen LogP) is 2.01. The molecular weight excluding hydrogens is 512 g/mol. The van der Waals surface area contributed by atoms with Crippen LogP contribution < -0.4 is 21.3 Å². The maximum atomic E-state index is 13.1. The van der Waals surface area contributed by atoms with Crippen molar-refractivity contribution < 1.29 is 33.8 Å². The van der Waals surface area contributed by atoms with Gasteiger partial charge in [0, 0.05) is 18.7 Å². The molecule has 212 valence electrons. The highest BCUT2D eigenvalue weighted by Crippen LogP contribution is 2.10. The third kappa shape index (κ3) is 13.3. The van der Waals surface area contributed by atoms with Crippen LogP contribution in [0.3, 0.4) is 0 Å². The van der Waals surface area contributed by atoms with Gasteiger partial charge in [-0.2, -0.15) is 12.6 Å². The van der Waals surface area contributed by atoms with Gasteiger partial charge in [0.2, 0.25) is 17.7 Å². The van der Waals surface area contributed by atoms with Crippen LogP contribution in [0.25, 0.3) is 0 Å². The molecule has 38 heavy (non-hydrogen) atoms. The quantitative estimate of drug-likeness (QED) is 0.192. The molecule has 1 unspecified atom stereocenters. The third-order valence-electron chi connectivity index (χ3n) is 5.12. The molecule has 0 saturated heterocycles. The van der Waals surface area contributed by atoms with E-state index >= 15 is 0 Å². The fourth-order valence-electron chi connectivity index (χ4n) is 3.34. The van der Waals surface area contributed by atoms with Gasteiger partial charge in [-0.05, 0) is 45.1 Å². The van der Waals surface area contributed by atoms with E-state index in [1.165, 1.54) is 0 Å². The number of rotatable bonds is 14. The molecular formula is C26H40N4O7S. The van der Waals surface area contributed by atoms with Gasteiger partial charge in [-0.15, -0.1) is 0 Å². The maximum Gasteiger partial charge on any atom is 0.408 e. The van der Waals surface area contributed by atoms with Crippen LogP contribution in [0.1, 0.15) is 59.4 Å². The number of aliphatic carboxylic acids is 1. The minimum Gasteiger partial charge on any atom is -0.481 e. The molecule has 11 nitrogen and oxygen atoms in total. The van der Waals surface area contributed by atoms with Gasteiger partial charge >= 0.3 is 12.1 Å². The molecule has 0 radical (unpaired) electrons. The average molecular weight is 553 g/mol. The summed E-state index contributed by atoms with van der Waals surface area (Å²) in [4.78, 5) is 62.2. The van der Waals surface area contributed by atoms with Crippen molar-refractivity contribution in [3.8, 4) is 0 Å². The molecule has 0 aliphatic heterocycles. The van der Waals surface area contributed by atoms with Crippen molar-refractivity contribution in [1.29, 1.82) is 0 Å². The van der Waals surface area contributed by atoms with E-state index in [1.807, 2.05) is 44.2 Å². The number of amides is 4. The van der Waals surface area contributed by atoms with E-state index in [4.69, 9.17) is 9.84 Å². The normalized spacial score (nSPS) is 13.6. The summed E-state index contributed by atoms with van der Waals surface area (Å²) in [5, 5.41) is 19.4. The Hall–Kier alpha value is -3.28. The second-order valence-corrected chi connectivity index (χ2v) is 10.6. The number of ether oxygens (including phenoxy) is 1. The number of carbonyl (C=O) groups excluding carboxylic acids is 4. The Morgan fingerprint density at radius 3 is 2.00 bits per heavy atom. The molecule has 0 heterocycles. The molecule has 0 bridgehead atoms. The highest BCUT2D eigenvalue weighted by molar-refractivity contribution is 7.80. The Morgan fingerprint density at radius 2 is 1.47 bits per heavy atom. The lowest BCUT2D eigenvalue weighted by Gasteiger charge is -2.26. The van der Waals surface area contributed by atoms with Gasteiger partial charge in [0.25, 0.3) is 0 Å². The van der Waals surface area contributed by atoms with Crippen LogP contribution in [0, 0.1) is 5.92 Å². The van der Waals surface area contributed by atoms with Crippen molar-refractivity contribution in [3.63, 3.8) is 0 Å². The molecule has 0 aromatic heterocycles. The van der Waals surface area contributed by atoms with Crippen LogP contribution in [0.2, 0.25) is 0 Å². The summed E-state index contributed by atoms with van der Waals surface area (Å²) in [5.41, 5.74) is 0.0564. The standard InChI is InChI=1S/C26H40N4O7S/c1-16(2)13-19(24(35)29-20(15-38)22(33)27-14-17-9-7-6-8-10-17)28-23(34)18(11-12-21(31)32)30-25(36)37-26(3,4)5/h6-10,16,18-20,38H,11-15H2,1-5H3,(H,27,33)(H,28,34)(H,29,35)(H,30,36)(H,31,32)/t18?,19-,20-/m0/s1. The molecule has 0 aliphatic carbocycles. The van der Waals surface area contributed by atoms with Crippen molar-refractivity contribution in [2.24, 2.45) is 5.92 Å². The predicted molar refractivity (Wildman–Crippen MR) is 145 cm³/mol. The molecule has 0 aliphatic rings. The molecule has 5 N–H and O–H groups in total. The highest BCUT2D eigenvalue weighted by atomic mass is 32.1. The summed E-state index contributed by atoms with van der Waals surface area (Å²) in [6.07, 6.45) is -1.26. The minimum absolute atomic E-state index is 0.0105. The summed E-state index contributed by atoms with van der Waals surface area (Å²) >= 11 is 4.19. The molecule has 0 saturated carbocycles. The Kier molecular flexibility index (Phi) is 13.7. The highest BCUT2D eigenvalue weighted by Gasteiger charge is 2.31. The Balaban J connectivity index is 2.92. The molecule has 1 aromatic carbocycles. The van der Waals surface area contributed by atoms with E-state index in [1.54, 1.807) is 20.8 Å². The lowest BCUT2D eigenvalue weighted by Crippen LogP contribution is -2.57. The SMILES string of the molecule is CC(C)C[C@H](NC(=O)C(CCC(=O)O)NC(=O)OC(C)(C)C)C(=O)N[C@@H](CS)C(=O)NCc1ccccc1. The molecule has 0 spiro atoms. The van der Waals surface area contributed by atoms with Crippen molar-refractivity contribution in [1.82, 2.24) is 21.3 Å². The number of carboxylic acid groups (broad SMARTS) is 1. The zero-order chi connectivity index (χ0) is 28.9. The van der Waals surface area contributed by atoms with Gasteiger partial charge in [-0.1, -0.05) is 44.2 Å². The summed E-state index contributed by atoms with van der Waals surface area (Å²) in [6, 6.07) is 6.02. The smallest absolute Gasteiger partial charge is 0.408 e. The van der Waals surface area contributed by atoms with Crippen LogP contribution in [0.15, 0.2) is 30.3 Å². The van der Waals surface area contributed by atoms with Crippen molar-refractivity contribution in [2.75, 3.05) is 5.75 Å². The number of carboxylic acids is 1. The minimum atomic E-state index is -1.25. The second kappa shape index (κ2) is 15.9. The summed E-state index contributed by atoms with van der Waals surface area (Å²) < 4.78 is 5.18. The second-order valence-electron chi connectivity index (χ2n) is 10.3. The van der Waals surface area contributed by atoms with Gasteiger partial charge in [0.1, 0.15) is 23.7 Å². The Bertz CT molecular complexity index is 951. The van der Waals surface area contributed by atoms with E-state index in [2.05, 4.69) is 33.9 Å². The molecule has 0 fully saturated rings. The monoisotopic (exact) mass is 552 g/mol. The summed E-state index contributed by atoms with van der Waals surface area (Å²) in [5.74, 6) is -2.91. The lowest BCUT2D eigenvalue weighted by molar-refractivity contribution is -0.137. The fourth-order valence-corrected chi connectivity index (χ4v) is 3.59. The van der Waals surface area contributed by atoms with Crippen LogP contribution in [-0.4, -0.2) is 64.4 Å². The number of carbonyl (C=O) groups is 5. The number of thiol groups is 1. The number of hydrogen-bond donors (Lipinski definition) is 6. The topological polar surface area (TPSA) is 163 Å². The number of nitrogens with one attached hydrogen (secondary N) is 4. The van der Waals surface area contributed by atoms with Crippen LogP contribution in [0.4, 0.5) is 4.79 Å². The molecule has 4 amide bonds. The maximum absolute atomic E-state index is 13.1. The first-order valence-corrected chi connectivity index (χ1v) is 13.1. The van der Waals surface area contributed by atoms with Crippen LogP contribution in [0.5, 0.6) is 0 Å². The fraction of sp³-hybridized carbons (Fsp3) is 0.577. The van der Waals surface area contributed by atoms with Crippen LogP contribution >= 0.6 is 12.6 Å². The Labute approximate surface area is 229 Å². The van der Waals surface area contributed by atoms with Gasteiger partial charge in [-0.3, -0.25) is 19.2 Å². The average Bonchev–Trinajstić information content (AvgIpc) is 2.82. The van der Waals surface area contributed by atoms with Gasteiger partial charge in [0.05, 0.1) is 0 Å². The van der Waals surface area contributed by atoms with E-state index in [0.29, 0.717) is 0 Å². The van der Waals surface area contributed by atoms with Crippen molar-refractivity contribution in [3.05, 3.63) is 35.9 Å². The van der Waals surface area contributed by atoms with Gasteiger partial charge < -0.3 is 31.1 Å². The summed E-state index contributed by atoms with van der Waals surface area (Å²) in [6.45, 7) is 8.93. The van der Waals surface area contributed by atoms with Gasteiger partial charge in [-0.25, -0.2) is 4.79 Å². The summed E-state index contributed by atoms with van der Waals surface area (Å²) in [7, 11) is 0. The van der Waals surface area contributed by atoms with Gasteiger partial charge in [0.15, 0.2) is 0 Å². The molecule has 12 heteroatoms. The first kappa shape index (κ1) is 32.7. The number of alkyl carbamates (subject to hydrolysis) is 1. The first-order valence-electron chi connectivity index (χ1n) is 12.5. The zero-order valence-electron chi connectivity index (χ0n) is 22.6.